The number of hydrogen-bond acceptors (Lipinski definition) is 2. The molecule has 1 rings (SSSR count). The fourth-order valence-electron chi connectivity index (χ4n) is 1.69. The first-order valence-corrected chi connectivity index (χ1v) is 5.58. The van der Waals surface area contributed by atoms with Gasteiger partial charge >= 0.3 is 0 Å². The van der Waals surface area contributed by atoms with Crippen molar-refractivity contribution in [2.45, 2.75) is 27.2 Å². The van der Waals surface area contributed by atoms with Crippen LogP contribution in [0.4, 0.5) is 0 Å². The van der Waals surface area contributed by atoms with Gasteiger partial charge in [0.1, 0.15) is 0 Å². The predicted octanol–water partition coefficient (Wildman–Crippen LogP) is 1.23. The van der Waals surface area contributed by atoms with E-state index in [4.69, 9.17) is 5.73 Å². The molecule has 3 nitrogen and oxygen atoms in total. The Labute approximate surface area is 97.0 Å². The van der Waals surface area contributed by atoms with Crippen LogP contribution in [0.3, 0.4) is 0 Å². The van der Waals surface area contributed by atoms with E-state index >= 15 is 0 Å². The van der Waals surface area contributed by atoms with Crippen LogP contribution in [0.2, 0.25) is 0 Å². The summed E-state index contributed by atoms with van der Waals surface area (Å²) >= 11 is 0. The lowest BCUT2D eigenvalue weighted by Gasteiger charge is -2.11. The Morgan fingerprint density at radius 1 is 1.25 bits per heavy atom. The first-order valence-electron chi connectivity index (χ1n) is 5.58. The largest absolute Gasteiger partial charge is 0.355 e. The summed E-state index contributed by atoms with van der Waals surface area (Å²) in [5.74, 6) is -0.0958. The van der Waals surface area contributed by atoms with Crippen molar-refractivity contribution in [3.63, 3.8) is 0 Å². The Kier molecular flexibility index (Phi) is 4.50. The molecule has 0 aliphatic rings. The molecule has 3 heteroatoms. The van der Waals surface area contributed by atoms with Gasteiger partial charge < -0.3 is 11.1 Å². The molecule has 0 saturated heterocycles. The van der Waals surface area contributed by atoms with Crippen LogP contribution < -0.4 is 11.1 Å². The minimum absolute atomic E-state index is 0.0614. The predicted molar refractivity (Wildman–Crippen MR) is 66.4 cm³/mol. The lowest BCUT2D eigenvalue weighted by atomic mass is 9.97. The molecule has 0 heterocycles. The summed E-state index contributed by atoms with van der Waals surface area (Å²) in [4.78, 5) is 11.0. The van der Waals surface area contributed by atoms with Gasteiger partial charge in [-0.25, -0.2) is 0 Å². The second-order valence-corrected chi connectivity index (χ2v) is 4.10. The fraction of sp³-hybridized carbons (Fsp3) is 0.462. The highest BCUT2D eigenvalue weighted by Gasteiger charge is 2.04. The Hall–Kier alpha value is -1.35. The number of nitrogens with two attached hydrogens (primary N) is 1. The summed E-state index contributed by atoms with van der Waals surface area (Å²) in [7, 11) is 0. The quantitative estimate of drug-likeness (QED) is 0.802. The number of benzene rings is 1. The van der Waals surface area contributed by atoms with Crippen molar-refractivity contribution in [3.8, 4) is 0 Å². The van der Waals surface area contributed by atoms with Crippen LogP contribution in [0, 0.1) is 20.8 Å². The van der Waals surface area contributed by atoms with E-state index < -0.39 is 0 Å². The number of carbonyl (C=O) groups excluding carboxylic acids is 1. The van der Waals surface area contributed by atoms with Gasteiger partial charge in [-0.2, -0.15) is 0 Å². The molecule has 88 valence electrons. The molecule has 0 unspecified atom stereocenters. The van der Waals surface area contributed by atoms with Crippen LogP contribution >= 0.6 is 0 Å². The van der Waals surface area contributed by atoms with Crippen molar-refractivity contribution in [1.29, 1.82) is 0 Å². The number of rotatable bonds is 4. The number of hydrogen-bond donors (Lipinski definition) is 2. The standard InChI is InChI=1S/C13H20N2O/c1-9-4-5-12(11(3)10(9)2)6-7-15-13(16)8-14/h4-5H,6-8,14H2,1-3H3,(H,15,16). The monoisotopic (exact) mass is 220 g/mol. The summed E-state index contributed by atoms with van der Waals surface area (Å²) in [5.41, 5.74) is 10.5. The lowest BCUT2D eigenvalue weighted by Crippen LogP contribution is -2.31. The Bertz CT molecular complexity index is 386. The minimum atomic E-state index is -0.0958. The van der Waals surface area contributed by atoms with Gasteiger partial charge in [-0.3, -0.25) is 4.79 Å². The Balaban J connectivity index is 2.61. The molecule has 0 fully saturated rings. The molecule has 0 aliphatic carbocycles. The third-order valence-corrected chi connectivity index (χ3v) is 3.07. The first kappa shape index (κ1) is 12.7. The molecule has 1 amide bonds. The Morgan fingerprint density at radius 3 is 2.56 bits per heavy atom. The zero-order valence-electron chi connectivity index (χ0n) is 10.3. The Morgan fingerprint density at radius 2 is 1.94 bits per heavy atom. The number of aryl methyl sites for hydroxylation is 1. The molecule has 0 atom stereocenters. The van der Waals surface area contributed by atoms with Crippen molar-refractivity contribution in [2.75, 3.05) is 13.1 Å². The van der Waals surface area contributed by atoms with Crippen molar-refractivity contribution in [2.24, 2.45) is 5.73 Å². The van der Waals surface area contributed by atoms with E-state index in [2.05, 4.69) is 38.2 Å². The highest BCUT2D eigenvalue weighted by atomic mass is 16.1. The first-order chi connectivity index (χ1) is 7.56. The molecule has 0 aliphatic heterocycles. The zero-order valence-corrected chi connectivity index (χ0v) is 10.3. The summed E-state index contributed by atoms with van der Waals surface area (Å²) in [6.45, 7) is 7.09. The molecule has 3 N–H and O–H groups in total. The molecule has 0 spiro atoms. The molecule has 0 radical (unpaired) electrons. The normalized spacial score (nSPS) is 10.2. The van der Waals surface area contributed by atoms with Crippen LogP contribution in [-0.2, 0) is 11.2 Å². The minimum Gasteiger partial charge on any atom is -0.355 e. The fourth-order valence-corrected chi connectivity index (χ4v) is 1.69. The zero-order chi connectivity index (χ0) is 12.1. The molecular formula is C13H20N2O. The van der Waals surface area contributed by atoms with E-state index in [0.717, 1.165) is 6.42 Å². The molecular weight excluding hydrogens is 200 g/mol. The smallest absolute Gasteiger partial charge is 0.233 e. The van der Waals surface area contributed by atoms with Gasteiger partial charge in [0, 0.05) is 6.54 Å². The van der Waals surface area contributed by atoms with Gasteiger partial charge in [-0.1, -0.05) is 12.1 Å². The third-order valence-electron chi connectivity index (χ3n) is 3.07. The summed E-state index contributed by atoms with van der Waals surface area (Å²) < 4.78 is 0. The second-order valence-electron chi connectivity index (χ2n) is 4.10. The highest BCUT2D eigenvalue weighted by Crippen LogP contribution is 2.17. The molecule has 0 aromatic heterocycles. The molecule has 0 saturated carbocycles. The summed E-state index contributed by atoms with van der Waals surface area (Å²) in [5, 5.41) is 2.78. The van der Waals surface area contributed by atoms with Crippen molar-refractivity contribution >= 4 is 5.91 Å². The van der Waals surface area contributed by atoms with Gasteiger partial charge in [0.05, 0.1) is 6.54 Å². The lowest BCUT2D eigenvalue weighted by molar-refractivity contribution is -0.119. The van der Waals surface area contributed by atoms with Gasteiger partial charge in [0.15, 0.2) is 0 Å². The van der Waals surface area contributed by atoms with Crippen LogP contribution in [0.15, 0.2) is 12.1 Å². The SMILES string of the molecule is Cc1ccc(CCNC(=O)CN)c(C)c1C. The second kappa shape index (κ2) is 5.66. The van der Waals surface area contributed by atoms with Crippen LogP contribution in [0.25, 0.3) is 0 Å². The van der Waals surface area contributed by atoms with Crippen molar-refractivity contribution in [3.05, 3.63) is 34.4 Å². The van der Waals surface area contributed by atoms with E-state index in [1.54, 1.807) is 0 Å². The molecule has 1 aromatic rings. The van der Waals surface area contributed by atoms with Gasteiger partial charge in [-0.05, 0) is 49.4 Å². The maximum Gasteiger partial charge on any atom is 0.233 e. The van der Waals surface area contributed by atoms with E-state index in [9.17, 15) is 4.79 Å². The maximum atomic E-state index is 11.0. The number of nitrogens with one attached hydrogen (secondary N) is 1. The van der Waals surface area contributed by atoms with Crippen LogP contribution in [-0.4, -0.2) is 19.0 Å². The highest BCUT2D eigenvalue weighted by molar-refractivity contribution is 5.77. The number of amides is 1. The van der Waals surface area contributed by atoms with Crippen LogP contribution in [0.5, 0.6) is 0 Å². The van der Waals surface area contributed by atoms with Crippen molar-refractivity contribution in [1.82, 2.24) is 5.32 Å². The molecule has 1 aromatic carbocycles. The average molecular weight is 220 g/mol. The number of carbonyl (C=O) groups is 1. The average Bonchev–Trinajstić information content (AvgIpc) is 2.29. The summed E-state index contributed by atoms with van der Waals surface area (Å²) in [6.07, 6.45) is 0.860. The van der Waals surface area contributed by atoms with Crippen molar-refractivity contribution < 1.29 is 4.79 Å². The third kappa shape index (κ3) is 3.07. The topological polar surface area (TPSA) is 55.1 Å². The van der Waals surface area contributed by atoms with Gasteiger partial charge in [0.2, 0.25) is 5.91 Å². The van der Waals surface area contributed by atoms with E-state index in [1.165, 1.54) is 22.3 Å². The van der Waals surface area contributed by atoms with E-state index in [-0.39, 0.29) is 12.5 Å². The maximum absolute atomic E-state index is 11.0. The van der Waals surface area contributed by atoms with Gasteiger partial charge in [-0.15, -0.1) is 0 Å². The van der Waals surface area contributed by atoms with Crippen LogP contribution in [0.1, 0.15) is 22.3 Å². The van der Waals surface area contributed by atoms with E-state index in [0.29, 0.717) is 6.54 Å². The molecule has 16 heavy (non-hydrogen) atoms. The summed E-state index contributed by atoms with van der Waals surface area (Å²) in [6, 6.07) is 4.26. The van der Waals surface area contributed by atoms with E-state index in [1.807, 2.05) is 0 Å². The molecule has 0 bridgehead atoms. The van der Waals surface area contributed by atoms with Gasteiger partial charge in [0.25, 0.3) is 0 Å².